The van der Waals surface area contributed by atoms with Crippen molar-refractivity contribution in [3.63, 3.8) is 0 Å². The molecule has 3 rings (SSSR count). The van der Waals surface area contributed by atoms with Gasteiger partial charge in [0.15, 0.2) is 0 Å². The lowest BCUT2D eigenvalue weighted by atomic mass is 9.95. The van der Waals surface area contributed by atoms with Gasteiger partial charge in [-0.05, 0) is 57.1 Å². The van der Waals surface area contributed by atoms with Gasteiger partial charge in [-0.3, -0.25) is 4.79 Å². The van der Waals surface area contributed by atoms with Gasteiger partial charge in [0.05, 0.1) is 5.25 Å². The van der Waals surface area contributed by atoms with Crippen LogP contribution < -0.4 is 5.32 Å². The van der Waals surface area contributed by atoms with E-state index in [4.69, 9.17) is 0 Å². The Kier molecular flexibility index (Phi) is 4.06. The van der Waals surface area contributed by atoms with Crippen LogP contribution in [0.15, 0.2) is 29.2 Å². The lowest BCUT2D eigenvalue weighted by molar-refractivity contribution is -0.121. The van der Waals surface area contributed by atoms with Gasteiger partial charge in [-0.2, -0.15) is 0 Å². The van der Waals surface area contributed by atoms with Crippen LogP contribution in [-0.2, 0) is 4.79 Å². The second kappa shape index (κ2) is 5.80. The van der Waals surface area contributed by atoms with Gasteiger partial charge in [-0.15, -0.1) is 11.8 Å². The minimum atomic E-state index is -0.0168. The van der Waals surface area contributed by atoms with Crippen molar-refractivity contribution < 1.29 is 4.79 Å². The Hall–Kier alpha value is -0.960. The van der Waals surface area contributed by atoms with E-state index in [9.17, 15) is 4.79 Å². The molecule has 0 spiro atoms. The van der Waals surface area contributed by atoms with Gasteiger partial charge in [-0.1, -0.05) is 24.1 Å². The van der Waals surface area contributed by atoms with Crippen molar-refractivity contribution in [1.29, 1.82) is 0 Å². The zero-order valence-electron chi connectivity index (χ0n) is 12.3. The lowest BCUT2D eigenvalue weighted by Crippen LogP contribution is -2.42. The van der Waals surface area contributed by atoms with Crippen molar-refractivity contribution in [2.75, 3.05) is 0 Å². The van der Waals surface area contributed by atoms with Crippen LogP contribution in [0, 0.1) is 18.8 Å². The molecule has 2 saturated carbocycles. The number of benzene rings is 1. The summed E-state index contributed by atoms with van der Waals surface area (Å²) in [6.45, 7) is 4.09. The maximum Gasteiger partial charge on any atom is 0.233 e. The smallest absolute Gasteiger partial charge is 0.233 e. The molecule has 2 aliphatic carbocycles. The summed E-state index contributed by atoms with van der Waals surface area (Å²) in [5.41, 5.74) is 1.26. The first kappa shape index (κ1) is 14.0. The molecule has 2 bridgehead atoms. The van der Waals surface area contributed by atoms with Gasteiger partial charge in [-0.25, -0.2) is 0 Å². The second-order valence-electron chi connectivity index (χ2n) is 6.36. The minimum absolute atomic E-state index is 0.0168. The van der Waals surface area contributed by atoms with Gasteiger partial charge in [0.25, 0.3) is 0 Å². The molecular weight excluding hydrogens is 266 g/mol. The van der Waals surface area contributed by atoms with E-state index in [1.54, 1.807) is 11.8 Å². The number of nitrogens with one attached hydrogen (secondary N) is 1. The predicted octanol–water partition coefficient (Wildman–Crippen LogP) is 3.78. The molecule has 0 aliphatic heterocycles. The fourth-order valence-corrected chi connectivity index (χ4v) is 4.47. The highest BCUT2D eigenvalue weighted by Crippen LogP contribution is 2.44. The molecule has 3 heteroatoms. The normalized spacial score (nSPS) is 29.4. The van der Waals surface area contributed by atoms with Crippen LogP contribution in [0.5, 0.6) is 0 Å². The van der Waals surface area contributed by atoms with Crippen molar-refractivity contribution in [3.05, 3.63) is 29.8 Å². The largest absolute Gasteiger partial charge is 0.352 e. The summed E-state index contributed by atoms with van der Waals surface area (Å²) in [5.74, 6) is 1.83. The maximum atomic E-state index is 12.3. The number of fused-ring (bicyclic) bond motifs is 2. The summed E-state index contributed by atoms with van der Waals surface area (Å²) < 4.78 is 0. The van der Waals surface area contributed by atoms with Crippen LogP contribution in [0.3, 0.4) is 0 Å². The van der Waals surface area contributed by atoms with E-state index in [0.29, 0.717) is 6.04 Å². The van der Waals surface area contributed by atoms with Crippen molar-refractivity contribution in [1.82, 2.24) is 5.32 Å². The molecule has 0 heterocycles. The average molecular weight is 289 g/mol. The Balaban J connectivity index is 1.53. The van der Waals surface area contributed by atoms with E-state index in [1.165, 1.54) is 36.1 Å². The molecule has 0 radical (unpaired) electrons. The molecule has 2 aliphatic rings. The van der Waals surface area contributed by atoms with Gasteiger partial charge < -0.3 is 5.32 Å². The molecule has 2 nitrogen and oxygen atoms in total. The van der Waals surface area contributed by atoms with Crippen molar-refractivity contribution in [2.24, 2.45) is 11.8 Å². The SMILES string of the molecule is Cc1ccc(S[C@@H](C)C(=O)N[C@H]2C[C@@H]3CC[C@H]2C3)cc1. The number of thioether (sulfide) groups is 1. The quantitative estimate of drug-likeness (QED) is 0.855. The molecule has 1 amide bonds. The number of aryl methyl sites for hydroxylation is 1. The predicted molar refractivity (Wildman–Crippen MR) is 83.9 cm³/mol. The van der Waals surface area contributed by atoms with Crippen LogP contribution >= 0.6 is 11.8 Å². The highest BCUT2D eigenvalue weighted by molar-refractivity contribution is 8.00. The molecule has 1 aromatic rings. The van der Waals surface area contributed by atoms with E-state index in [1.807, 2.05) is 6.92 Å². The van der Waals surface area contributed by atoms with Crippen molar-refractivity contribution in [2.45, 2.75) is 55.7 Å². The molecule has 108 valence electrons. The molecule has 4 atom stereocenters. The summed E-state index contributed by atoms with van der Waals surface area (Å²) in [4.78, 5) is 13.5. The Labute approximate surface area is 125 Å². The summed E-state index contributed by atoms with van der Waals surface area (Å²) >= 11 is 1.65. The minimum Gasteiger partial charge on any atom is -0.352 e. The Morgan fingerprint density at radius 3 is 2.60 bits per heavy atom. The monoisotopic (exact) mass is 289 g/mol. The average Bonchev–Trinajstić information content (AvgIpc) is 3.03. The van der Waals surface area contributed by atoms with Gasteiger partial charge in [0.1, 0.15) is 0 Å². The third kappa shape index (κ3) is 3.03. The molecule has 20 heavy (non-hydrogen) atoms. The van der Waals surface area contributed by atoms with Gasteiger partial charge in [0.2, 0.25) is 5.91 Å². The second-order valence-corrected chi connectivity index (χ2v) is 7.78. The first-order valence-electron chi connectivity index (χ1n) is 7.65. The molecule has 0 saturated heterocycles. The summed E-state index contributed by atoms with van der Waals surface area (Å²) in [5, 5.41) is 3.27. The molecule has 1 aromatic carbocycles. The zero-order valence-corrected chi connectivity index (χ0v) is 13.1. The fourth-order valence-electron chi connectivity index (χ4n) is 3.60. The van der Waals surface area contributed by atoms with E-state index in [0.717, 1.165) is 11.8 Å². The zero-order chi connectivity index (χ0) is 14.1. The van der Waals surface area contributed by atoms with Crippen LogP contribution in [0.1, 0.15) is 38.2 Å². The number of amides is 1. The Morgan fingerprint density at radius 1 is 1.25 bits per heavy atom. The van der Waals surface area contributed by atoms with Gasteiger partial charge >= 0.3 is 0 Å². The molecule has 0 aromatic heterocycles. The first-order valence-corrected chi connectivity index (χ1v) is 8.53. The van der Waals surface area contributed by atoms with Crippen molar-refractivity contribution in [3.8, 4) is 0 Å². The van der Waals surface area contributed by atoms with Gasteiger partial charge in [0, 0.05) is 10.9 Å². The summed E-state index contributed by atoms with van der Waals surface area (Å²) in [6.07, 6.45) is 5.24. The molecule has 0 unspecified atom stereocenters. The van der Waals surface area contributed by atoms with E-state index in [-0.39, 0.29) is 11.2 Å². The number of carbonyl (C=O) groups excluding carboxylic acids is 1. The fraction of sp³-hybridized carbons (Fsp3) is 0.588. The third-order valence-electron chi connectivity index (χ3n) is 4.77. The Bertz CT molecular complexity index is 484. The lowest BCUT2D eigenvalue weighted by Gasteiger charge is -2.24. The highest BCUT2D eigenvalue weighted by Gasteiger charge is 2.40. The van der Waals surface area contributed by atoms with Crippen molar-refractivity contribution >= 4 is 17.7 Å². The van der Waals surface area contributed by atoms with E-state index in [2.05, 4.69) is 36.5 Å². The standard InChI is InChI=1S/C17H23NOS/c1-11-3-7-15(8-4-11)20-12(2)17(19)18-16-10-13-5-6-14(16)9-13/h3-4,7-8,12-14,16H,5-6,9-10H2,1-2H3,(H,18,19)/t12-,13+,14-,16-/m0/s1. The number of hydrogen-bond acceptors (Lipinski definition) is 2. The van der Waals surface area contributed by atoms with E-state index >= 15 is 0 Å². The number of rotatable bonds is 4. The topological polar surface area (TPSA) is 29.1 Å². The van der Waals surface area contributed by atoms with Crippen LogP contribution in [0.4, 0.5) is 0 Å². The third-order valence-corrected chi connectivity index (χ3v) is 5.88. The summed E-state index contributed by atoms with van der Waals surface area (Å²) in [6, 6.07) is 8.84. The molecule has 1 N–H and O–H groups in total. The first-order chi connectivity index (χ1) is 9.61. The van der Waals surface area contributed by atoms with E-state index < -0.39 is 0 Å². The van der Waals surface area contributed by atoms with Crippen LogP contribution in [-0.4, -0.2) is 17.2 Å². The highest BCUT2D eigenvalue weighted by atomic mass is 32.2. The molecular formula is C17H23NOS. The summed E-state index contributed by atoms with van der Waals surface area (Å²) in [7, 11) is 0. The molecule has 2 fully saturated rings. The number of carbonyl (C=O) groups is 1. The van der Waals surface area contributed by atoms with Crippen LogP contribution in [0.2, 0.25) is 0 Å². The Morgan fingerprint density at radius 2 is 2.00 bits per heavy atom. The van der Waals surface area contributed by atoms with Crippen LogP contribution in [0.25, 0.3) is 0 Å². The number of hydrogen-bond donors (Lipinski definition) is 1. The maximum absolute atomic E-state index is 12.3.